The first-order valence-corrected chi connectivity index (χ1v) is 23.8. The van der Waals surface area contributed by atoms with Gasteiger partial charge in [-0.25, -0.2) is 0 Å². The second-order valence-corrected chi connectivity index (χ2v) is 20.2. The van der Waals surface area contributed by atoms with E-state index in [4.69, 9.17) is 0 Å². The Morgan fingerprint density at radius 1 is 0.286 bits per heavy atom. The van der Waals surface area contributed by atoms with Gasteiger partial charge < -0.3 is 9.13 Å². The molecule has 2 nitrogen and oxygen atoms in total. The Hall–Kier alpha value is -7.98. The Morgan fingerprint density at radius 2 is 0.714 bits per heavy atom. The third kappa shape index (κ3) is 5.85. The van der Waals surface area contributed by atoms with Crippen molar-refractivity contribution in [3.8, 4) is 33.6 Å². The van der Waals surface area contributed by atoms with E-state index >= 15 is 0 Å². The predicted molar refractivity (Wildman–Crippen MR) is 270 cm³/mol. The Kier molecular flexibility index (Phi) is 8.87. The van der Waals surface area contributed by atoms with Crippen molar-refractivity contribution in [1.82, 2.24) is 9.13 Å². The number of hydrogen-bond acceptors (Lipinski definition) is 0. The molecule has 0 unspecified atom stereocenters. The number of para-hydroxylation sites is 3. The van der Waals surface area contributed by atoms with Gasteiger partial charge in [-0.15, -0.1) is 0 Å². The fraction of sp³-hybridized carbons (Fsp3) is 0. The highest BCUT2D eigenvalue weighted by Gasteiger charge is 2.43. The van der Waals surface area contributed by atoms with Gasteiger partial charge in [-0.3, -0.25) is 0 Å². The van der Waals surface area contributed by atoms with E-state index in [2.05, 4.69) is 264 Å². The molecule has 0 amide bonds. The van der Waals surface area contributed by atoms with Crippen LogP contribution in [0, 0.1) is 0 Å². The number of benzene rings is 10. The van der Waals surface area contributed by atoms with E-state index in [0.29, 0.717) is 0 Å². The molecule has 0 radical (unpaired) electrons. The molecule has 3 heteroatoms. The summed E-state index contributed by atoms with van der Waals surface area (Å²) in [5.74, 6) is 0. The van der Waals surface area contributed by atoms with Crippen molar-refractivity contribution in [2.24, 2.45) is 0 Å². The van der Waals surface area contributed by atoms with Crippen molar-refractivity contribution in [2.75, 3.05) is 0 Å². The predicted octanol–water partition coefficient (Wildman–Crippen LogP) is 12.6. The van der Waals surface area contributed by atoms with E-state index in [1.165, 1.54) is 86.6 Å². The van der Waals surface area contributed by atoms with Gasteiger partial charge in [0.15, 0.2) is 8.07 Å². The number of aromatic nitrogens is 2. The third-order valence-electron chi connectivity index (χ3n) is 13.0. The van der Waals surface area contributed by atoms with Gasteiger partial charge in [-0.05, 0) is 85.5 Å². The average Bonchev–Trinajstić information content (AvgIpc) is 3.89. The molecule has 0 N–H and O–H groups in total. The minimum absolute atomic E-state index is 1.12. The van der Waals surface area contributed by atoms with E-state index in [1.54, 1.807) is 0 Å². The molecule has 0 spiro atoms. The molecule has 0 saturated heterocycles. The fourth-order valence-electron chi connectivity index (χ4n) is 10.4. The van der Waals surface area contributed by atoms with Crippen LogP contribution >= 0.6 is 0 Å². The molecule has 0 aliphatic rings. The molecule has 12 aromatic rings. The molecular weight excluding hydrogens is 777 g/mol. The lowest BCUT2D eigenvalue weighted by Crippen LogP contribution is -2.74. The first kappa shape index (κ1) is 36.8. The summed E-state index contributed by atoms with van der Waals surface area (Å²) in [5.41, 5.74) is 11.7. The molecule has 0 atom stereocenters. The van der Waals surface area contributed by atoms with E-state index in [1.807, 2.05) is 0 Å². The fourth-order valence-corrected chi connectivity index (χ4v) is 15.4. The van der Waals surface area contributed by atoms with Crippen molar-refractivity contribution in [1.29, 1.82) is 0 Å². The lowest BCUT2D eigenvalue weighted by atomic mass is 9.98. The van der Waals surface area contributed by atoms with E-state index in [9.17, 15) is 0 Å². The van der Waals surface area contributed by atoms with Crippen LogP contribution in [-0.4, -0.2) is 17.2 Å². The number of nitrogens with zero attached hydrogens (tertiary/aromatic N) is 2. The highest BCUT2D eigenvalue weighted by Crippen LogP contribution is 2.41. The maximum atomic E-state index is 2.55. The summed E-state index contributed by atoms with van der Waals surface area (Å²) >= 11 is 0. The zero-order valence-electron chi connectivity index (χ0n) is 34.6. The Balaban J connectivity index is 1.21. The maximum absolute atomic E-state index is 2.91. The van der Waals surface area contributed by atoms with E-state index < -0.39 is 8.07 Å². The molecule has 12 rings (SSSR count). The topological polar surface area (TPSA) is 9.86 Å². The van der Waals surface area contributed by atoms with Crippen molar-refractivity contribution in [3.63, 3.8) is 0 Å². The maximum Gasteiger partial charge on any atom is 0.180 e. The molecule has 10 aromatic carbocycles. The van der Waals surface area contributed by atoms with Crippen molar-refractivity contribution in [2.45, 2.75) is 0 Å². The molecule has 2 heterocycles. The van der Waals surface area contributed by atoms with Crippen LogP contribution in [0.3, 0.4) is 0 Å². The Bertz CT molecular complexity index is 3440. The smallest absolute Gasteiger partial charge is 0.180 e. The quantitative estimate of drug-likeness (QED) is 0.107. The van der Waals surface area contributed by atoms with Crippen molar-refractivity contribution in [3.05, 3.63) is 255 Å². The molecule has 0 aliphatic carbocycles. The Labute approximate surface area is 368 Å². The highest BCUT2D eigenvalue weighted by molar-refractivity contribution is 7.20. The molecule has 2 aromatic heterocycles. The van der Waals surface area contributed by atoms with Crippen molar-refractivity contribution < 1.29 is 0 Å². The summed E-state index contributed by atoms with van der Waals surface area (Å²) in [6.45, 7) is 0. The summed E-state index contributed by atoms with van der Waals surface area (Å²) in [6, 6.07) is 94.3. The second kappa shape index (κ2) is 15.2. The molecule has 63 heavy (non-hydrogen) atoms. The zero-order chi connectivity index (χ0) is 41.7. The number of fused-ring (bicyclic) bond motifs is 6. The monoisotopic (exact) mass is 818 g/mol. The summed E-state index contributed by atoms with van der Waals surface area (Å²) in [6.07, 6.45) is 0. The van der Waals surface area contributed by atoms with Gasteiger partial charge >= 0.3 is 0 Å². The molecule has 0 fully saturated rings. The highest BCUT2D eigenvalue weighted by atomic mass is 28.3. The molecular formula is C60H42N2Si. The lowest BCUT2D eigenvalue weighted by molar-refractivity contribution is 1.13. The van der Waals surface area contributed by atoms with Gasteiger partial charge in [-0.1, -0.05) is 212 Å². The molecule has 0 aliphatic heterocycles. The third-order valence-corrected chi connectivity index (χ3v) is 17.8. The first-order valence-electron chi connectivity index (χ1n) is 21.8. The minimum atomic E-state index is -2.91. The van der Waals surface area contributed by atoms with Crippen molar-refractivity contribution >= 4 is 72.4 Å². The van der Waals surface area contributed by atoms with Crippen LogP contribution in [0.25, 0.3) is 77.2 Å². The Morgan fingerprint density at radius 3 is 1.27 bits per heavy atom. The first-order chi connectivity index (χ1) is 31.3. The van der Waals surface area contributed by atoms with E-state index in [0.717, 1.165) is 11.4 Å². The standard InChI is InChI=1S/C60H42N2Si/c1-6-22-43(23-7-1)45-40-46(44-24-8-2-9-25-44)42-47(41-45)61-54-35-18-16-32-51(54)52-34-20-38-57(60(52)61)62-55-36-19-17-33-53(55)59-56(62)37-21-39-58(59)63(48-26-10-3-11-27-48,49-28-12-4-13-29-49)50-30-14-5-15-31-50/h1-42H. The van der Waals surface area contributed by atoms with Crippen LogP contribution in [0.4, 0.5) is 0 Å². The summed E-state index contributed by atoms with van der Waals surface area (Å²) in [4.78, 5) is 0. The molecule has 0 bridgehead atoms. The summed E-state index contributed by atoms with van der Waals surface area (Å²) < 4.78 is 5.06. The van der Waals surface area contributed by atoms with Gasteiger partial charge in [0.2, 0.25) is 0 Å². The SMILES string of the molecule is c1ccc(-c2cc(-c3ccccc3)cc(-n3c4ccccc4c4cccc(-n5c6ccccc6c6c([Si](c7ccccc7)(c7ccccc7)c7ccccc7)cccc65)c43)c2)cc1. The zero-order valence-corrected chi connectivity index (χ0v) is 35.6. The van der Waals surface area contributed by atoms with Crippen LogP contribution in [0.2, 0.25) is 0 Å². The van der Waals surface area contributed by atoms with Crippen LogP contribution in [0.1, 0.15) is 0 Å². The van der Waals surface area contributed by atoms with Gasteiger partial charge in [0.05, 0.1) is 27.8 Å². The van der Waals surface area contributed by atoms with Gasteiger partial charge in [0.1, 0.15) is 0 Å². The van der Waals surface area contributed by atoms with E-state index in [-0.39, 0.29) is 0 Å². The van der Waals surface area contributed by atoms with Crippen LogP contribution in [0.15, 0.2) is 255 Å². The van der Waals surface area contributed by atoms with Gasteiger partial charge in [0.25, 0.3) is 0 Å². The van der Waals surface area contributed by atoms with Gasteiger partial charge in [-0.2, -0.15) is 0 Å². The summed E-state index contributed by atoms with van der Waals surface area (Å²) in [5, 5.41) is 10.5. The van der Waals surface area contributed by atoms with Crippen LogP contribution < -0.4 is 20.7 Å². The normalized spacial score (nSPS) is 11.8. The lowest BCUT2D eigenvalue weighted by Gasteiger charge is -2.35. The number of rotatable bonds is 8. The minimum Gasteiger partial charge on any atom is -0.307 e. The second-order valence-electron chi connectivity index (χ2n) is 16.4. The van der Waals surface area contributed by atoms with Crippen LogP contribution in [-0.2, 0) is 0 Å². The molecule has 0 saturated carbocycles. The average molecular weight is 819 g/mol. The summed E-state index contributed by atoms with van der Waals surface area (Å²) in [7, 11) is -2.91. The number of hydrogen-bond donors (Lipinski definition) is 0. The van der Waals surface area contributed by atoms with Crippen LogP contribution in [0.5, 0.6) is 0 Å². The molecule has 296 valence electrons. The largest absolute Gasteiger partial charge is 0.307 e. The van der Waals surface area contributed by atoms with Gasteiger partial charge in [0, 0.05) is 27.2 Å².